The Labute approximate surface area is 193 Å². The maximum absolute atomic E-state index is 12.6. The van der Waals surface area contributed by atoms with E-state index in [0.717, 1.165) is 41.8 Å². The first kappa shape index (κ1) is 21.9. The summed E-state index contributed by atoms with van der Waals surface area (Å²) < 4.78 is 27.7. The van der Waals surface area contributed by atoms with Crippen molar-refractivity contribution in [1.82, 2.24) is 19.7 Å². The molecule has 0 bridgehead atoms. The van der Waals surface area contributed by atoms with Gasteiger partial charge in [0.1, 0.15) is 0 Å². The van der Waals surface area contributed by atoms with Crippen molar-refractivity contribution in [3.63, 3.8) is 0 Å². The van der Waals surface area contributed by atoms with Crippen LogP contribution in [0.4, 0.5) is 11.6 Å². The highest BCUT2D eigenvalue weighted by Gasteiger charge is 2.52. The van der Waals surface area contributed by atoms with Crippen LogP contribution >= 0.6 is 0 Å². The van der Waals surface area contributed by atoms with E-state index in [1.54, 1.807) is 57.6 Å². The Hall–Kier alpha value is -2.88. The number of aromatic nitrogens is 3. The standard InChI is InChI=1S/C24H27N5O3S/c1-4-28-33(31,32)18-5-6-19-21(12-18)29(15-24(19)8-9-24)22-26-13-16(14-27-22)20-11-17(7-10-25-20)23(2,3)30/h5-7,10-14,28,30H,4,8-9,15H2,1-3H3. The molecule has 3 aromatic rings. The van der Waals surface area contributed by atoms with Gasteiger partial charge in [-0.2, -0.15) is 0 Å². The molecule has 1 fully saturated rings. The minimum absolute atomic E-state index is 0.0560. The maximum Gasteiger partial charge on any atom is 0.240 e. The number of nitrogens with zero attached hydrogens (tertiary/aromatic N) is 4. The minimum Gasteiger partial charge on any atom is -0.386 e. The van der Waals surface area contributed by atoms with Crippen LogP contribution in [0, 0.1) is 0 Å². The van der Waals surface area contributed by atoms with Crippen LogP contribution in [0.15, 0.2) is 53.8 Å². The Morgan fingerprint density at radius 3 is 2.48 bits per heavy atom. The molecule has 8 nitrogen and oxygen atoms in total. The third kappa shape index (κ3) is 3.90. The molecule has 1 aliphatic carbocycles. The van der Waals surface area contributed by atoms with Crippen LogP contribution < -0.4 is 9.62 Å². The zero-order valence-electron chi connectivity index (χ0n) is 18.9. The van der Waals surface area contributed by atoms with Gasteiger partial charge in [-0.15, -0.1) is 0 Å². The smallest absolute Gasteiger partial charge is 0.240 e. The number of sulfonamides is 1. The van der Waals surface area contributed by atoms with Crippen LogP contribution in [-0.4, -0.2) is 41.6 Å². The molecule has 9 heteroatoms. The number of fused-ring (bicyclic) bond motifs is 2. The second kappa shape index (κ2) is 7.58. The zero-order valence-corrected chi connectivity index (χ0v) is 19.7. The summed E-state index contributed by atoms with van der Waals surface area (Å²) in [4.78, 5) is 15.8. The molecule has 172 valence electrons. The fraction of sp³-hybridized carbons (Fsp3) is 0.375. The first-order valence-corrected chi connectivity index (χ1v) is 12.5. The highest BCUT2D eigenvalue weighted by molar-refractivity contribution is 7.89. The number of pyridine rings is 1. The fourth-order valence-electron chi connectivity index (χ4n) is 4.42. The van der Waals surface area contributed by atoms with E-state index in [2.05, 4.69) is 19.7 Å². The number of aliphatic hydroxyl groups is 1. The fourth-order valence-corrected chi connectivity index (χ4v) is 5.48. The molecule has 33 heavy (non-hydrogen) atoms. The molecule has 0 radical (unpaired) electrons. The molecular weight excluding hydrogens is 438 g/mol. The highest BCUT2D eigenvalue weighted by atomic mass is 32.2. The predicted molar refractivity (Wildman–Crippen MR) is 126 cm³/mol. The SMILES string of the molecule is CCNS(=O)(=O)c1ccc2c(c1)N(c1ncc(-c3cc(C(C)(C)O)ccn3)cn1)CC21CC1. The van der Waals surface area contributed by atoms with Crippen molar-refractivity contribution in [2.45, 2.75) is 49.5 Å². The molecule has 1 spiro atoms. The Bertz CT molecular complexity index is 1310. The van der Waals surface area contributed by atoms with Crippen LogP contribution in [0.5, 0.6) is 0 Å². The van der Waals surface area contributed by atoms with Gasteiger partial charge < -0.3 is 10.0 Å². The van der Waals surface area contributed by atoms with Crippen molar-refractivity contribution >= 4 is 21.7 Å². The normalized spacial score (nSPS) is 16.8. The van der Waals surface area contributed by atoms with E-state index in [0.29, 0.717) is 18.2 Å². The Kier molecular flexibility index (Phi) is 5.04. The third-order valence-corrected chi connectivity index (χ3v) is 7.98. The summed E-state index contributed by atoms with van der Waals surface area (Å²) in [7, 11) is -3.56. The Morgan fingerprint density at radius 2 is 1.85 bits per heavy atom. The second-order valence-corrected chi connectivity index (χ2v) is 11.1. The topological polar surface area (TPSA) is 108 Å². The number of hydrogen-bond donors (Lipinski definition) is 2. The van der Waals surface area contributed by atoms with Crippen LogP contribution in [0.1, 0.15) is 44.7 Å². The molecule has 0 saturated heterocycles. The second-order valence-electron chi connectivity index (χ2n) is 9.31. The molecule has 1 saturated carbocycles. The van der Waals surface area contributed by atoms with E-state index in [1.807, 2.05) is 17.0 Å². The predicted octanol–water partition coefficient (Wildman–Crippen LogP) is 3.25. The monoisotopic (exact) mass is 465 g/mol. The van der Waals surface area contributed by atoms with E-state index in [4.69, 9.17) is 0 Å². The van der Waals surface area contributed by atoms with Gasteiger partial charge in [0.2, 0.25) is 16.0 Å². The van der Waals surface area contributed by atoms with Gasteiger partial charge in [0.25, 0.3) is 0 Å². The average Bonchev–Trinajstić information content (AvgIpc) is 3.50. The van der Waals surface area contributed by atoms with Gasteiger partial charge in [-0.1, -0.05) is 13.0 Å². The minimum atomic E-state index is -3.56. The molecule has 2 aliphatic rings. The summed E-state index contributed by atoms with van der Waals surface area (Å²) >= 11 is 0. The lowest BCUT2D eigenvalue weighted by atomic mass is 9.98. The first-order valence-electron chi connectivity index (χ1n) is 11.1. The van der Waals surface area contributed by atoms with E-state index in [-0.39, 0.29) is 10.3 Å². The summed E-state index contributed by atoms with van der Waals surface area (Å²) in [6, 6.07) is 8.97. The van der Waals surface area contributed by atoms with E-state index >= 15 is 0 Å². The van der Waals surface area contributed by atoms with Crippen LogP contribution in [0.2, 0.25) is 0 Å². The lowest BCUT2D eigenvalue weighted by Crippen LogP contribution is -2.23. The maximum atomic E-state index is 12.6. The van der Waals surface area contributed by atoms with Gasteiger partial charge in [-0.25, -0.2) is 23.1 Å². The van der Waals surface area contributed by atoms with E-state index < -0.39 is 15.6 Å². The molecule has 2 N–H and O–H groups in total. The van der Waals surface area contributed by atoms with Crippen LogP contribution in [-0.2, 0) is 21.0 Å². The average molecular weight is 466 g/mol. The van der Waals surface area contributed by atoms with Crippen molar-refractivity contribution in [2.75, 3.05) is 18.0 Å². The lowest BCUT2D eigenvalue weighted by molar-refractivity contribution is 0.0785. The van der Waals surface area contributed by atoms with Gasteiger partial charge in [0.15, 0.2) is 0 Å². The molecule has 0 amide bonds. The van der Waals surface area contributed by atoms with Gasteiger partial charge in [0.05, 0.1) is 16.2 Å². The summed E-state index contributed by atoms with van der Waals surface area (Å²) in [5.41, 5.74) is 3.28. The molecule has 1 aliphatic heterocycles. The van der Waals surface area contributed by atoms with Gasteiger partial charge in [-0.3, -0.25) is 4.98 Å². The Morgan fingerprint density at radius 1 is 1.12 bits per heavy atom. The number of benzene rings is 1. The molecule has 2 aromatic heterocycles. The van der Waals surface area contributed by atoms with Crippen LogP contribution in [0.25, 0.3) is 11.3 Å². The largest absolute Gasteiger partial charge is 0.386 e. The first-order chi connectivity index (χ1) is 15.6. The van der Waals surface area contributed by atoms with Gasteiger partial charge in [0, 0.05) is 48.3 Å². The molecule has 1 aromatic carbocycles. The molecule has 0 unspecified atom stereocenters. The zero-order chi connectivity index (χ0) is 23.4. The number of nitrogens with one attached hydrogen (secondary N) is 1. The molecule has 3 heterocycles. The summed E-state index contributed by atoms with van der Waals surface area (Å²) in [5, 5.41) is 10.3. The van der Waals surface area contributed by atoms with Crippen LogP contribution in [0.3, 0.4) is 0 Å². The molecule has 5 rings (SSSR count). The quantitative estimate of drug-likeness (QED) is 0.575. The van der Waals surface area contributed by atoms with Gasteiger partial charge in [-0.05, 0) is 62.1 Å². The molecular formula is C24H27N5O3S. The summed E-state index contributed by atoms with van der Waals surface area (Å²) in [6.45, 7) is 6.29. The van der Waals surface area contributed by atoms with Crippen molar-refractivity contribution < 1.29 is 13.5 Å². The Balaban J connectivity index is 1.49. The van der Waals surface area contributed by atoms with E-state index in [1.165, 1.54) is 0 Å². The van der Waals surface area contributed by atoms with E-state index in [9.17, 15) is 13.5 Å². The highest BCUT2D eigenvalue weighted by Crippen LogP contribution is 2.58. The van der Waals surface area contributed by atoms with Gasteiger partial charge >= 0.3 is 0 Å². The van der Waals surface area contributed by atoms with Crippen molar-refractivity contribution in [3.05, 3.63) is 60.0 Å². The summed E-state index contributed by atoms with van der Waals surface area (Å²) in [6.07, 6.45) is 7.24. The number of anilines is 2. The van der Waals surface area contributed by atoms with Crippen molar-refractivity contribution in [2.24, 2.45) is 0 Å². The summed E-state index contributed by atoms with van der Waals surface area (Å²) in [5.74, 6) is 0.528. The lowest BCUT2D eigenvalue weighted by Gasteiger charge is -2.19. The number of rotatable bonds is 6. The van der Waals surface area contributed by atoms with Crippen molar-refractivity contribution in [1.29, 1.82) is 0 Å². The van der Waals surface area contributed by atoms with Crippen molar-refractivity contribution in [3.8, 4) is 11.3 Å². The third-order valence-electron chi connectivity index (χ3n) is 6.43. The molecule has 0 atom stereocenters. The number of hydrogen-bond acceptors (Lipinski definition) is 7.